The number of hydrogen-bond acceptors (Lipinski definition) is 4. The van der Waals surface area contributed by atoms with Gasteiger partial charge < -0.3 is 10.1 Å². The Morgan fingerprint density at radius 2 is 2.25 bits per heavy atom. The van der Waals surface area contributed by atoms with E-state index in [1.807, 2.05) is 11.3 Å². The van der Waals surface area contributed by atoms with E-state index < -0.39 is 0 Å². The second kappa shape index (κ2) is 8.11. The maximum Gasteiger partial charge on any atom is 0.0946 e. The van der Waals surface area contributed by atoms with Gasteiger partial charge >= 0.3 is 0 Å². The predicted molar refractivity (Wildman–Crippen MR) is 85.6 cm³/mol. The Labute approximate surface area is 127 Å². The van der Waals surface area contributed by atoms with Crippen molar-refractivity contribution in [2.24, 2.45) is 0 Å². The molecule has 2 heterocycles. The topological polar surface area (TPSA) is 34.2 Å². The summed E-state index contributed by atoms with van der Waals surface area (Å²) in [5, 5.41) is 4.95. The highest BCUT2D eigenvalue weighted by Crippen LogP contribution is 2.22. The van der Waals surface area contributed by atoms with Gasteiger partial charge in [0.15, 0.2) is 0 Å². The summed E-state index contributed by atoms with van der Waals surface area (Å²) in [5.74, 6) is 0. The summed E-state index contributed by atoms with van der Waals surface area (Å²) in [4.78, 5) is 6.04. The fourth-order valence-corrected chi connectivity index (χ4v) is 3.75. The molecular formula is C16H28N2OS. The standard InChI is InChI=1S/C16H28N2OS/c1-4-8-17-14(10-15-7-5-6-9-19-15)11-16-18-12(2)13(3)20-16/h14-15,17H,4-11H2,1-3H3. The molecule has 0 radical (unpaired) electrons. The van der Waals surface area contributed by atoms with Crippen molar-refractivity contribution < 1.29 is 4.74 Å². The van der Waals surface area contributed by atoms with E-state index in [-0.39, 0.29) is 0 Å². The van der Waals surface area contributed by atoms with Gasteiger partial charge in [0, 0.05) is 23.9 Å². The third-order valence-electron chi connectivity index (χ3n) is 4.00. The van der Waals surface area contributed by atoms with Crippen LogP contribution in [0.1, 0.15) is 54.6 Å². The molecule has 1 saturated heterocycles. The van der Waals surface area contributed by atoms with E-state index in [1.165, 1.54) is 41.3 Å². The summed E-state index contributed by atoms with van der Waals surface area (Å²) in [6, 6.07) is 0.503. The van der Waals surface area contributed by atoms with Gasteiger partial charge in [0.1, 0.15) is 0 Å². The van der Waals surface area contributed by atoms with Gasteiger partial charge in [-0.25, -0.2) is 4.98 Å². The monoisotopic (exact) mass is 296 g/mol. The number of hydrogen-bond donors (Lipinski definition) is 1. The first kappa shape index (κ1) is 15.9. The van der Waals surface area contributed by atoms with Crippen molar-refractivity contribution in [2.45, 2.75) is 71.4 Å². The Morgan fingerprint density at radius 1 is 1.40 bits per heavy atom. The van der Waals surface area contributed by atoms with Crippen LogP contribution in [-0.4, -0.2) is 30.3 Å². The summed E-state index contributed by atoms with van der Waals surface area (Å²) >= 11 is 1.85. The molecule has 0 aliphatic carbocycles. The predicted octanol–water partition coefficient (Wildman–Crippen LogP) is 3.63. The van der Waals surface area contributed by atoms with E-state index in [9.17, 15) is 0 Å². The van der Waals surface area contributed by atoms with Crippen LogP contribution < -0.4 is 5.32 Å². The van der Waals surface area contributed by atoms with Crippen molar-refractivity contribution in [3.8, 4) is 0 Å². The molecule has 3 nitrogen and oxygen atoms in total. The number of nitrogens with zero attached hydrogens (tertiary/aromatic N) is 1. The summed E-state index contributed by atoms with van der Waals surface area (Å²) in [6.45, 7) is 8.52. The second-order valence-corrected chi connectivity index (χ2v) is 7.12. The number of rotatable bonds is 7. The van der Waals surface area contributed by atoms with Crippen LogP contribution >= 0.6 is 11.3 Å². The summed E-state index contributed by atoms with van der Waals surface area (Å²) in [5.41, 5.74) is 1.19. The molecule has 4 heteroatoms. The van der Waals surface area contributed by atoms with E-state index in [2.05, 4.69) is 31.1 Å². The van der Waals surface area contributed by atoms with Crippen molar-refractivity contribution in [3.63, 3.8) is 0 Å². The zero-order chi connectivity index (χ0) is 14.4. The van der Waals surface area contributed by atoms with Crippen molar-refractivity contribution in [1.82, 2.24) is 10.3 Å². The van der Waals surface area contributed by atoms with Crippen LogP contribution in [0.3, 0.4) is 0 Å². The first-order chi connectivity index (χ1) is 9.69. The third-order valence-corrected chi connectivity index (χ3v) is 5.09. The molecule has 2 rings (SSSR count). The van der Waals surface area contributed by atoms with Crippen molar-refractivity contribution in [1.29, 1.82) is 0 Å². The van der Waals surface area contributed by atoms with Crippen LogP contribution in [0.5, 0.6) is 0 Å². The van der Waals surface area contributed by atoms with Gasteiger partial charge in [-0.1, -0.05) is 6.92 Å². The highest BCUT2D eigenvalue weighted by molar-refractivity contribution is 7.11. The molecule has 0 bridgehead atoms. The molecule has 114 valence electrons. The Kier molecular flexibility index (Phi) is 6.46. The van der Waals surface area contributed by atoms with Crippen LogP contribution in [0.25, 0.3) is 0 Å². The fraction of sp³-hybridized carbons (Fsp3) is 0.812. The molecule has 0 aromatic carbocycles. The van der Waals surface area contributed by atoms with Gasteiger partial charge in [0.05, 0.1) is 16.8 Å². The average Bonchev–Trinajstić information content (AvgIpc) is 2.76. The lowest BCUT2D eigenvalue weighted by atomic mass is 10.00. The van der Waals surface area contributed by atoms with Crippen LogP contribution in [0.15, 0.2) is 0 Å². The number of aromatic nitrogens is 1. The molecular weight excluding hydrogens is 268 g/mol. The molecule has 1 aromatic heterocycles. The lowest BCUT2D eigenvalue weighted by Gasteiger charge is -2.27. The third kappa shape index (κ3) is 4.83. The first-order valence-corrected chi connectivity index (χ1v) is 8.78. The van der Waals surface area contributed by atoms with Crippen LogP contribution in [0.2, 0.25) is 0 Å². The minimum Gasteiger partial charge on any atom is -0.378 e. The lowest BCUT2D eigenvalue weighted by Crippen LogP contribution is -2.36. The molecule has 1 fully saturated rings. The maximum absolute atomic E-state index is 5.90. The zero-order valence-electron chi connectivity index (χ0n) is 13.1. The van der Waals surface area contributed by atoms with E-state index >= 15 is 0 Å². The Bertz CT molecular complexity index is 380. The largest absolute Gasteiger partial charge is 0.378 e. The quantitative estimate of drug-likeness (QED) is 0.834. The molecule has 1 aromatic rings. The lowest BCUT2D eigenvalue weighted by molar-refractivity contribution is 0.00526. The molecule has 0 saturated carbocycles. The normalized spacial score (nSPS) is 21.1. The minimum absolute atomic E-state index is 0.445. The fourth-order valence-electron chi connectivity index (χ4n) is 2.74. The Hall–Kier alpha value is -0.450. The molecule has 2 atom stereocenters. The van der Waals surface area contributed by atoms with Gasteiger partial charge in [-0.3, -0.25) is 0 Å². The summed E-state index contributed by atoms with van der Waals surface area (Å²) < 4.78 is 5.90. The van der Waals surface area contributed by atoms with E-state index in [0.717, 1.165) is 26.0 Å². The number of aryl methyl sites for hydroxylation is 2. The van der Waals surface area contributed by atoms with Gasteiger partial charge in [-0.05, 0) is 52.5 Å². The van der Waals surface area contributed by atoms with Crippen LogP contribution in [-0.2, 0) is 11.2 Å². The molecule has 1 N–H and O–H groups in total. The highest BCUT2D eigenvalue weighted by Gasteiger charge is 2.20. The number of nitrogens with one attached hydrogen (secondary N) is 1. The highest BCUT2D eigenvalue weighted by atomic mass is 32.1. The Morgan fingerprint density at radius 3 is 2.85 bits per heavy atom. The van der Waals surface area contributed by atoms with Gasteiger partial charge in [-0.15, -0.1) is 11.3 Å². The molecule has 0 spiro atoms. The Balaban J connectivity index is 1.91. The van der Waals surface area contributed by atoms with E-state index in [4.69, 9.17) is 4.74 Å². The molecule has 1 aliphatic rings. The van der Waals surface area contributed by atoms with Gasteiger partial charge in [0.2, 0.25) is 0 Å². The van der Waals surface area contributed by atoms with Gasteiger partial charge in [0.25, 0.3) is 0 Å². The average molecular weight is 296 g/mol. The maximum atomic E-state index is 5.90. The minimum atomic E-state index is 0.445. The van der Waals surface area contributed by atoms with Crippen molar-refractivity contribution in [3.05, 3.63) is 15.6 Å². The van der Waals surface area contributed by atoms with Gasteiger partial charge in [-0.2, -0.15) is 0 Å². The molecule has 1 aliphatic heterocycles. The number of ether oxygens (including phenoxy) is 1. The van der Waals surface area contributed by atoms with Crippen molar-refractivity contribution in [2.75, 3.05) is 13.2 Å². The van der Waals surface area contributed by atoms with Crippen LogP contribution in [0.4, 0.5) is 0 Å². The smallest absolute Gasteiger partial charge is 0.0946 e. The second-order valence-electron chi connectivity index (χ2n) is 5.83. The van der Waals surface area contributed by atoms with E-state index in [0.29, 0.717) is 12.1 Å². The summed E-state index contributed by atoms with van der Waals surface area (Å²) in [6.07, 6.45) is 7.56. The molecule has 0 amide bonds. The van der Waals surface area contributed by atoms with E-state index in [1.54, 1.807) is 0 Å². The molecule has 2 unspecified atom stereocenters. The first-order valence-electron chi connectivity index (χ1n) is 7.97. The van der Waals surface area contributed by atoms with Crippen molar-refractivity contribution >= 4 is 11.3 Å². The number of thiazole rings is 1. The zero-order valence-corrected chi connectivity index (χ0v) is 13.9. The SMILES string of the molecule is CCCNC(Cc1nc(C)c(C)s1)CC1CCCCO1. The van der Waals surface area contributed by atoms with Crippen LogP contribution in [0, 0.1) is 13.8 Å². The molecule has 20 heavy (non-hydrogen) atoms. The summed E-state index contributed by atoms with van der Waals surface area (Å²) in [7, 11) is 0.